The zero-order valence-corrected chi connectivity index (χ0v) is 13.3. The first-order chi connectivity index (χ1) is 12.2. The topological polar surface area (TPSA) is 105 Å². The number of aliphatic carboxylic acids is 1. The highest BCUT2D eigenvalue weighted by Gasteiger charge is 2.22. The SMILES string of the molecule is O=C(O)C[n+]1cc(-c2cnc(NC3Cc4ccccc4C3)nc2)no1. The predicted molar refractivity (Wildman–Crippen MR) is 86.6 cm³/mol. The Hall–Kier alpha value is -3.29. The molecule has 2 aromatic heterocycles. The minimum atomic E-state index is -0.999. The lowest BCUT2D eigenvalue weighted by molar-refractivity contribution is -0.863. The van der Waals surface area contributed by atoms with Gasteiger partial charge in [-0.1, -0.05) is 33.6 Å². The Kier molecular flexibility index (Phi) is 3.85. The van der Waals surface area contributed by atoms with Crippen molar-refractivity contribution in [3.63, 3.8) is 0 Å². The maximum Gasteiger partial charge on any atom is 0.350 e. The zero-order chi connectivity index (χ0) is 17.2. The third-order valence-corrected chi connectivity index (χ3v) is 4.13. The van der Waals surface area contributed by atoms with Crippen molar-refractivity contribution in [1.82, 2.24) is 15.1 Å². The minimum absolute atomic E-state index is 0.282. The van der Waals surface area contributed by atoms with E-state index in [0.717, 1.165) is 17.6 Å². The number of carboxylic acids is 1. The second-order valence-corrected chi connectivity index (χ2v) is 5.97. The van der Waals surface area contributed by atoms with Gasteiger partial charge in [0.15, 0.2) is 11.4 Å². The van der Waals surface area contributed by atoms with E-state index in [1.807, 2.05) is 0 Å². The molecule has 0 spiro atoms. The van der Waals surface area contributed by atoms with Crippen LogP contribution in [-0.4, -0.2) is 32.2 Å². The summed E-state index contributed by atoms with van der Waals surface area (Å²) in [5.41, 5.74) is 3.87. The number of anilines is 1. The first-order valence-corrected chi connectivity index (χ1v) is 7.91. The van der Waals surface area contributed by atoms with Crippen LogP contribution < -0.4 is 10.1 Å². The predicted octanol–water partition coefficient (Wildman–Crippen LogP) is 1.08. The molecule has 1 aromatic carbocycles. The lowest BCUT2D eigenvalue weighted by Gasteiger charge is -2.11. The molecule has 0 unspecified atom stereocenters. The van der Waals surface area contributed by atoms with E-state index in [4.69, 9.17) is 9.74 Å². The lowest BCUT2D eigenvalue weighted by atomic mass is 10.1. The zero-order valence-electron chi connectivity index (χ0n) is 13.3. The van der Waals surface area contributed by atoms with Crippen molar-refractivity contribution in [3.05, 3.63) is 54.0 Å². The van der Waals surface area contributed by atoms with Crippen LogP contribution in [0.15, 0.2) is 47.5 Å². The average molecular weight is 338 g/mol. The second-order valence-electron chi connectivity index (χ2n) is 5.97. The van der Waals surface area contributed by atoms with E-state index in [-0.39, 0.29) is 12.6 Å². The van der Waals surface area contributed by atoms with Gasteiger partial charge in [-0.25, -0.2) is 14.8 Å². The normalized spacial score (nSPS) is 13.6. The van der Waals surface area contributed by atoms with Gasteiger partial charge in [0.25, 0.3) is 5.69 Å². The molecule has 0 radical (unpaired) electrons. The molecule has 0 saturated heterocycles. The maximum atomic E-state index is 10.7. The van der Waals surface area contributed by atoms with E-state index in [9.17, 15) is 4.79 Å². The summed E-state index contributed by atoms with van der Waals surface area (Å²) in [6, 6.07) is 8.70. The number of rotatable bonds is 5. The number of carboxylic acid groups (broad SMARTS) is 1. The van der Waals surface area contributed by atoms with Gasteiger partial charge in [0, 0.05) is 18.4 Å². The highest BCUT2D eigenvalue weighted by Crippen LogP contribution is 2.23. The molecule has 8 nitrogen and oxygen atoms in total. The van der Waals surface area contributed by atoms with Gasteiger partial charge in [-0.2, -0.15) is 0 Å². The smallest absolute Gasteiger partial charge is 0.350 e. The van der Waals surface area contributed by atoms with Gasteiger partial charge >= 0.3 is 5.97 Å². The highest BCUT2D eigenvalue weighted by molar-refractivity contribution is 5.64. The van der Waals surface area contributed by atoms with E-state index < -0.39 is 5.97 Å². The molecular weight excluding hydrogens is 322 g/mol. The van der Waals surface area contributed by atoms with Crippen LogP contribution in [0.1, 0.15) is 11.1 Å². The Bertz CT molecular complexity index is 882. The molecule has 1 aliphatic carbocycles. The van der Waals surface area contributed by atoms with Crippen LogP contribution in [0.5, 0.6) is 0 Å². The van der Waals surface area contributed by atoms with Gasteiger partial charge in [0.1, 0.15) is 0 Å². The van der Waals surface area contributed by atoms with Crippen molar-refractivity contribution in [3.8, 4) is 11.3 Å². The third kappa shape index (κ3) is 3.32. The molecule has 2 heterocycles. The molecule has 0 atom stereocenters. The van der Waals surface area contributed by atoms with E-state index in [1.54, 1.807) is 12.4 Å². The van der Waals surface area contributed by atoms with Gasteiger partial charge in [-0.05, 0) is 24.0 Å². The summed E-state index contributed by atoms with van der Waals surface area (Å²) in [4.78, 5) is 19.3. The van der Waals surface area contributed by atoms with Gasteiger partial charge in [-0.3, -0.25) is 0 Å². The van der Waals surface area contributed by atoms with E-state index in [0.29, 0.717) is 17.2 Å². The summed E-state index contributed by atoms with van der Waals surface area (Å²) in [6.07, 6.45) is 6.70. The Morgan fingerprint density at radius 1 is 1.24 bits per heavy atom. The van der Waals surface area contributed by atoms with Crippen LogP contribution in [-0.2, 0) is 24.2 Å². The van der Waals surface area contributed by atoms with Gasteiger partial charge < -0.3 is 10.4 Å². The number of benzene rings is 1. The van der Waals surface area contributed by atoms with E-state index >= 15 is 0 Å². The number of nitrogens with one attached hydrogen (secondary N) is 1. The average Bonchev–Trinajstić information content (AvgIpc) is 3.21. The molecule has 8 heteroatoms. The molecule has 0 amide bonds. The van der Waals surface area contributed by atoms with Crippen LogP contribution >= 0.6 is 0 Å². The number of aromatic nitrogens is 4. The molecular formula is C17H16N5O3+. The third-order valence-electron chi connectivity index (χ3n) is 4.13. The number of hydrogen-bond donors (Lipinski definition) is 2. The first-order valence-electron chi connectivity index (χ1n) is 7.91. The van der Waals surface area contributed by atoms with Gasteiger partial charge in [0.2, 0.25) is 12.5 Å². The summed E-state index contributed by atoms with van der Waals surface area (Å²) in [7, 11) is 0. The lowest BCUT2D eigenvalue weighted by Crippen LogP contribution is -2.35. The molecule has 0 saturated carbocycles. The van der Waals surface area contributed by atoms with Crippen molar-refractivity contribution < 1.29 is 19.3 Å². The molecule has 0 fully saturated rings. The quantitative estimate of drug-likeness (QED) is 0.671. The van der Waals surface area contributed by atoms with Crippen molar-refractivity contribution in [1.29, 1.82) is 0 Å². The van der Waals surface area contributed by atoms with Crippen LogP contribution in [0.2, 0.25) is 0 Å². The van der Waals surface area contributed by atoms with Crippen LogP contribution in [0.3, 0.4) is 0 Å². The summed E-state index contributed by atoms with van der Waals surface area (Å²) in [5, 5.41) is 15.9. The summed E-state index contributed by atoms with van der Waals surface area (Å²) in [6.45, 7) is -0.282. The number of hydrogen-bond acceptors (Lipinski definition) is 6. The molecule has 4 rings (SSSR count). The highest BCUT2D eigenvalue weighted by atomic mass is 16.6. The largest absolute Gasteiger partial charge is 0.478 e. The summed E-state index contributed by atoms with van der Waals surface area (Å²) >= 11 is 0. The van der Waals surface area contributed by atoms with Crippen LogP contribution in [0.25, 0.3) is 11.3 Å². The molecule has 25 heavy (non-hydrogen) atoms. The Labute approximate surface area is 143 Å². The number of nitrogens with zero attached hydrogens (tertiary/aromatic N) is 4. The Morgan fingerprint density at radius 3 is 2.56 bits per heavy atom. The maximum absolute atomic E-state index is 10.7. The first kappa shape index (κ1) is 15.3. The fraction of sp³-hybridized carbons (Fsp3) is 0.235. The van der Waals surface area contributed by atoms with E-state index in [1.165, 1.54) is 17.3 Å². The minimum Gasteiger partial charge on any atom is -0.478 e. The second kappa shape index (κ2) is 6.31. The van der Waals surface area contributed by atoms with Gasteiger partial charge in [0.05, 0.1) is 5.56 Å². The molecule has 2 N–H and O–H groups in total. The fourth-order valence-corrected chi connectivity index (χ4v) is 2.99. The fourth-order valence-electron chi connectivity index (χ4n) is 2.99. The molecule has 0 bridgehead atoms. The van der Waals surface area contributed by atoms with Crippen molar-refractivity contribution in [2.75, 3.05) is 5.32 Å². The Balaban J connectivity index is 1.42. The van der Waals surface area contributed by atoms with Gasteiger partial charge in [-0.15, -0.1) is 0 Å². The summed E-state index contributed by atoms with van der Waals surface area (Å²) < 4.78 is 6.06. The van der Waals surface area contributed by atoms with E-state index in [2.05, 4.69) is 44.7 Å². The van der Waals surface area contributed by atoms with Crippen molar-refractivity contribution in [2.24, 2.45) is 0 Å². The number of carbonyl (C=O) groups is 1. The van der Waals surface area contributed by atoms with Crippen LogP contribution in [0, 0.1) is 0 Å². The van der Waals surface area contributed by atoms with Crippen molar-refractivity contribution in [2.45, 2.75) is 25.4 Å². The molecule has 1 aliphatic rings. The summed E-state index contributed by atoms with van der Waals surface area (Å²) in [5.74, 6) is -0.440. The number of fused-ring (bicyclic) bond motifs is 1. The molecule has 0 aliphatic heterocycles. The monoisotopic (exact) mass is 338 g/mol. The van der Waals surface area contributed by atoms with Crippen LogP contribution in [0.4, 0.5) is 5.95 Å². The standard InChI is InChI=1S/C17H15N5O3/c23-16(24)10-22-9-15(21-25-22)13-7-18-17(19-8-13)20-14-5-11-3-1-2-4-12(11)6-14/h1-4,7-9,14H,5-6,10H2,(H-,18,19,20,21,23,24)/p+1. The molecule has 126 valence electrons. The molecule has 3 aromatic rings. The van der Waals surface area contributed by atoms with Crippen molar-refractivity contribution >= 4 is 11.9 Å². The Morgan fingerprint density at radius 2 is 1.92 bits per heavy atom.